The van der Waals surface area contributed by atoms with Gasteiger partial charge in [0.1, 0.15) is 11.4 Å². The minimum atomic E-state index is -0.935. The van der Waals surface area contributed by atoms with Gasteiger partial charge >= 0.3 is 0 Å². The average molecular weight is 343 g/mol. The van der Waals surface area contributed by atoms with Crippen molar-refractivity contribution in [1.82, 2.24) is 9.80 Å². The van der Waals surface area contributed by atoms with Crippen LogP contribution in [0.15, 0.2) is 22.7 Å². The van der Waals surface area contributed by atoms with Crippen LogP contribution in [0.1, 0.15) is 24.2 Å². The van der Waals surface area contributed by atoms with Crippen molar-refractivity contribution in [3.63, 3.8) is 0 Å². The van der Waals surface area contributed by atoms with Crippen LogP contribution in [0.25, 0.3) is 0 Å². The molecule has 1 aromatic carbocycles. The fourth-order valence-corrected chi connectivity index (χ4v) is 2.79. The van der Waals surface area contributed by atoms with Crippen LogP contribution in [0.3, 0.4) is 0 Å². The number of piperazine rings is 1. The van der Waals surface area contributed by atoms with E-state index in [9.17, 15) is 14.0 Å². The molecular weight excluding hydrogens is 327 g/mol. The van der Waals surface area contributed by atoms with Gasteiger partial charge in [-0.3, -0.25) is 9.59 Å². The second kappa shape index (κ2) is 5.16. The highest BCUT2D eigenvalue weighted by Gasteiger charge is 2.43. The highest BCUT2D eigenvalue weighted by atomic mass is 79.9. The summed E-state index contributed by atoms with van der Waals surface area (Å²) in [5.74, 6) is -0.942. The quantitative estimate of drug-likeness (QED) is 0.785. The molecule has 0 atom stereocenters. The van der Waals surface area contributed by atoms with Crippen LogP contribution >= 0.6 is 15.9 Å². The van der Waals surface area contributed by atoms with Crippen molar-refractivity contribution in [1.29, 1.82) is 0 Å². The summed E-state index contributed by atoms with van der Waals surface area (Å²) in [6.07, 6.45) is 0. The van der Waals surface area contributed by atoms with Crippen LogP contribution in [-0.2, 0) is 4.79 Å². The molecule has 0 N–H and O–H groups in total. The van der Waals surface area contributed by atoms with E-state index < -0.39 is 11.4 Å². The van der Waals surface area contributed by atoms with E-state index in [4.69, 9.17) is 0 Å². The molecule has 0 saturated carbocycles. The number of nitrogens with zero attached hydrogens (tertiary/aromatic N) is 2. The van der Waals surface area contributed by atoms with Crippen molar-refractivity contribution < 1.29 is 14.0 Å². The number of halogens is 2. The lowest BCUT2D eigenvalue weighted by molar-refractivity contribution is -0.144. The Morgan fingerprint density at radius 3 is 2.65 bits per heavy atom. The molecule has 0 aromatic heterocycles. The Kier molecular flexibility index (Phi) is 3.86. The second-order valence-corrected chi connectivity index (χ2v) is 6.22. The lowest BCUT2D eigenvalue weighted by Crippen LogP contribution is -2.63. The Bertz CT molecular complexity index is 574. The zero-order valence-corrected chi connectivity index (χ0v) is 13.2. The number of benzene rings is 1. The molecule has 108 valence electrons. The summed E-state index contributed by atoms with van der Waals surface area (Å²) in [4.78, 5) is 27.9. The van der Waals surface area contributed by atoms with Crippen molar-refractivity contribution in [3.05, 3.63) is 34.1 Å². The molecule has 2 rings (SSSR count). The molecule has 1 aliphatic heterocycles. The van der Waals surface area contributed by atoms with Gasteiger partial charge in [0.2, 0.25) is 5.91 Å². The van der Waals surface area contributed by atoms with E-state index >= 15 is 0 Å². The summed E-state index contributed by atoms with van der Waals surface area (Å²) in [7, 11) is 1.71. The van der Waals surface area contributed by atoms with Crippen LogP contribution in [-0.4, -0.2) is 47.3 Å². The van der Waals surface area contributed by atoms with Gasteiger partial charge in [-0.2, -0.15) is 0 Å². The third-order valence-electron chi connectivity index (χ3n) is 3.61. The Balaban J connectivity index is 2.38. The lowest BCUT2D eigenvalue weighted by Gasteiger charge is -2.44. The summed E-state index contributed by atoms with van der Waals surface area (Å²) in [5.41, 5.74) is -0.703. The third-order valence-corrected chi connectivity index (χ3v) is 4.30. The number of carbonyl (C=O) groups excluding carboxylic acids is 2. The van der Waals surface area contributed by atoms with E-state index in [1.54, 1.807) is 25.8 Å². The maximum Gasteiger partial charge on any atom is 0.256 e. The molecule has 0 unspecified atom stereocenters. The molecule has 1 heterocycles. The van der Waals surface area contributed by atoms with Gasteiger partial charge in [0, 0.05) is 24.6 Å². The van der Waals surface area contributed by atoms with E-state index in [1.165, 1.54) is 23.1 Å². The first-order chi connectivity index (χ1) is 9.25. The first-order valence-electron chi connectivity index (χ1n) is 6.27. The zero-order valence-electron chi connectivity index (χ0n) is 11.6. The molecule has 0 radical (unpaired) electrons. The van der Waals surface area contributed by atoms with E-state index in [2.05, 4.69) is 15.9 Å². The molecule has 0 spiro atoms. The van der Waals surface area contributed by atoms with Gasteiger partial charge in [-0.05, 0) is 48.0 Å². The Morgan fingerprint density at radius 1 is 1.35 bits per heavy atom. The van der Waals surface area contributed by atoms with Gasteiger partial charge in [0.25, 0.3) is 5.91 Å². The van der Waals surface area contributed by atoms with Gasteiger partial charge in [0.05, 0.1) is 5.56 Å². The van der Waals surface area contributed by atoms with Crippen molar-refractivity contribution >= 4 is 27.7 Å². The van der Waals surface area contributed by atoms with Gasteiger partial charge in [-0.1, -0.05) is 0 Å². The fraction of sp³-hybridized carbons (Fsp3) is 0.429. The molecule has 2 amide bonds. The van der Waals surface area contributed by atoms with E-state index in [1.807, 2.05) is 0 Å². The first kappa shape index (κ1) is 15.0. The molecule has 6 heteroatoms. The number of likely N-dealkylation sites (N-methyl/N-ethyl adjacent to an activating group) is 1. The number of carbonyl (C=O) groups is 2. The summed E-state index contributed by atoms with van der Waals surface area (Å²) >= 11 is 3.25. The fourth-order valence-electron chi connectivity index (χ4n) is 2.38. The first-order valence-corrected chi connectivity index (χ1v) is 7.07. The maximum atomic E-state index is 13.3. The minimum absolute atomic E-state index is 0.121. The summed E-state index contributed by atoms with van der Waals surface area (Å²) in [5, 5.41) is 0. The van der Waals surface area contributed by atoms with E-state index in [0.717, 1.165) is 0 Å². The number of hydrogen-bond acceptors (Lipinski definition) is 2. The molecule has 1 aromatic rings. The molecule has 0 aliphatic carbocycles. The lowest BCUT2D eigenvalue weighted by atomic mass is 9.96. The van der Waals surface area contributed by atoms with Crippen molar-refractivity contribution in [2.75, 3.05) is 20.1 Å². The van der Waals surface area contributed by atoms with Gasteiger partial charge in [-0.15, -0.1) is 0 Å². The normalized spacial score (nSPS) is 18.4. The topological polar surface area (TPSA) is 40.6 Å². The van der Waals surface area contributed by atoms with Crippen molar-refractivity contribution in [2.24, 2.45) is 0 Å². The second-order valence-electron chi connectivity index (χ2n) is 5.37. The smallest absolute Gasteiger partial charge is 0.256 e. The van der Waals surface area contributed by atoms with E-state index in [0.29, 0.717) is 17.6 Å². The molecule has 1 fully saturated rings. The Morgan fingerprint density at radius 2 is 2.00 bits per heavy atom. The summed E-state index contributed by atoms with van der Waals surface area (Å²) in [6.45, 7) is 4.31. The van der Waals surface area contributed by atoms with Crippen LogP contribution in [0.5, 0.6) is 0 Å². The van der Waals surface area contributed by atoms with Crippen molar-refractivity contribution in [2.45, 2.75) is 19.4 Å². The van der Waals surface area contributed by atoms with Gasteiger partial charge in [-0.25, -0.2) is 4.39 Å². The summed E-state index contributed by atoms with van der Waals surface area (Å²) in [6, 6.07) is 3.96. The van der Waals surface area contributed by atoms with E-state index in [-0.39, 0.29) is 17.4 Å². The summed E-state index contributed by atoms with van der Waals surface area (Å²) < 4.78 is 13.9. The molecule has 1 saturated heterocycles. The third kappa shape index (κ3) is 2.44. The van der Waals surface area contributed by atoms with Crippen LogP contribution in [0, 0.1) is 5.82 Å². The minimum Gasteiger partial charge on any atom is -0.342 e. The number of rotatable bonds is 1. The SMILES string of the molecule is CN1CCN(C(=O)c2cc(F)ccc2Br)C(C)(C)C1=O. The van der Waals surface area contributed by atoms with Gasteiger partial charge < -0.3 is 9.80 Å². The van der Waals surface area contributed by atoms with Crippen LogP contribution in [0.2, 0.25) is 0 Å². The van der Waals surface area contributed by atoms with Crippen LogP contribution < -0.4 is 0 Å². The number of hydrogen-bond donors (Lipinski definition) is 0. The Labute approximate surface area is 125 Å². The molecule has 1 aliphatic rings. The molecule has 4 nitrogen and oxygen atoms in total. The monoisotopic (exact) mass is 342 g/mol. The highest BCUT2D eigenvalue weighted by molar-refractivity contribution is 9.10. The molecule has 0 bridgehead atoms. The standard InChI is InChI=1S/C14H16BrFN2O2/c1-14(2)13(20)17(3)6-7-18(14)12(19)10-8-9(16)4-5-11(10)15/h4-5,8H,6-7H2,1-3H3. The maximum absolute atomic E-state index is 13.3. The predicted octanol–water partition coefficient (Wildman–Crippen LogP) is 2.28. The Hall–Kier alpha value is -1.43. The molecular formula is C14H16BrFN2O2. The average Bonchev–Trinajstić information content (AvgIpc) is 2.38. The zero-order chi connectivity index (χ0) is 15.1. The van der Waals surface area contributed by atoms with Gasteiger partial charge in [0.15, 0.2) is 0 Å². The molecule has 20 heavy (non-hydrogen) atoms. The van der Waals surface area contributed by atoms with Crippen molar-refractivity contribution in [3.8, 4) is 0 Å². The highest BCUT2D eigenvalue weighted by Crippen LogP contribution is 2.27. The number of amides is 2. The predicted molar refractivity (Wildman–Crippen MR) is 76.9 cm³/mol. The largest absolute Gasteiger partial charge is 0.342 e. The van der Waals surface area contributed by atoms with Crippen LogP contribution in [0.4, 0.5) is 4.39 Å².